The summed E-state index contributed by atoms with van der Waals surface area (Å²) in [4.78, 5) is 14.2. The fraction of sp³-hybridized carbons (Fsp3) is 0.235. The van der Waals surface area contributed by atoms with E-state index < -0.39 is 0 Å². The van der Waals surface area contributed by atoms with Crippen molar-refractivity contribution < 1.29 is 9.90 Å². The van der Waals surface area contributed by atoms with E-state index in [9.17, 15) is 4.79 Å². The minimum atomic E-state index is -0.0563. The monoisotopic (exact) mass is 316 g/mol. The molecule has 0 aromatic heterocycles. The second-order valence-electron chi connectivity index (χ2n) is 5.25. The third-order valence-corrected chi connectivity index (χ3v) is 4.16. The Bertz CT molecular complexity index is 703. The highest BCUT2D eigenvalue weighted by atomic mass is 35.5. The number of aliphatic hydroxyl groups excluding tert-OH is 1. The zero-order valence-corrected chi connectivity index (χ0v) is 12.8. The third-order valence-electron chi connectivity index (χ3n) is 3.83. The lowest BCUT2D eigenvalue weighted by Crippen LogP contribution is -2.34. The van der Waals surface area contributed by atoms with Crippen LogP contribution in [-0.4, -0.2) is 24.1 Å². The van der Waals surface area contributed by atoms with Crippen LogP contribution in [0.15, 0.2) is 42.5 Å². The van der Waals surface area contributed by atoms with Gasteiger partial charge >= 0.3 is 0 Å². The molecular formula is C17H17ClN2O2. The first-order valence-corrected chi connectivity index (χ1v) is 7.58. The molecule has 0 aliphatic carbocycles. The Morgan fingerprint density at radius 3 is 2.91 bits per heavy atom. The smallest absolute Gasteiger partial charge is 0.246 e. The average molecular weight is 317 g/mol. The number of para-hydroxylation sites is 1. The summed E-state index contributed by atoms with van der Waals surface area (Å²) in [6.45, 7) is 0.826. The number of hydrogen-bond donors (Lipinski definition) is 2. The van der Waals surface area contributed by atoms with Gasteiger partial charge in [-0.3, -0.25) is 4.79 Å². The molecule has 2 N–H and O–H groups in total. The molecule has 0 bridgehead atoms. The molecule has 2 aromatic rings. The van der Waals surface area contributed by atoms with Gasteiger partial charge in [0.1, 0.15) is 0 Å². The molecule has 1 amide bonds. The maximum Gasteiger partial charge on any atom is 0.246 e. The molecule has 114 valence electrons. The molecule has 4 nitrogen and oxygen atoms in total. The van der Waals surface area contributed by atoms with Gasteiger partial charge in [0, 0.05) is 12.2 Å². The van der Waals surface area contributed by atoms with Crippen molar-refractivity contribution in [2.75, 3.05) is 23.3 Å². The molecule has 1 heterocycles. The van der Waals surface area contributed by atoms with Gasteiger partial charge in [0.25, 0.3) is 0 Å². The van der Waals surface area contributed by atoms with Crippen LogP contribution in [0.1, 0.15) is 11.1 Å². The molecule has 5 heteroatoms. The van der Waals surface area contributed by atoms with Gasteiger partial charge in [0.05, 0.1) is 23.9 Å². The number of amides is 1. The number of benzene rings is 2. The standard InChI is InChI=1S/C17H17ClN2O2/c18-14-6-5-12(11-21)9-15(14)19-10-17(22)20-8-7-13-3-1-2-4-16(13)20/h1-6,9,19,21H,7-8,10-11H2. The highest BCUT2D eigenvalue weighted by Gasteiger charge is 2.23. The van der Waals surface area contributed by atoms with Gasteiger partial charge in [0.2, 0.25) is 5.91 Å². The summed E-state index contributed by atoms with van der Waals surface area (Å²) in [5.41, 5.74) is 3.61. The van der Waals surface area contributed by atoms with Crippen LogP contribution >= 0.6 is 11.6 Å². The van der Waals surface area contributed by atoms with Crippen molar-refractivity contribution >= 4 is 28.9 Å². The topological polar surface area (TPSA) is 52.6 Å². The van der Waals surface area contributed by atoms with Crippen LogP contribution in [0.4, 0.5) is 11.4 Å². The lowest BCUT2D eigenvalue weighted by atomic mass is 10.2. The predicted octanol–water partition coefficient (Wildman–Crippen LogP) is 2.83. The summed E-state index contributed by atoms with van der Waals surface area (Å²) in [6.07, 6.45) is 0.892. The second-order valence-corrected chi connectivity index (χ2v) is 5.66. The Morgan fingerprint density at radius 2 is 2.09 bits per heavy atom. The molecule has 0 fully saturated rings. The zero-order chi connectivity index (χ0) is 15.5. The van der Waals surface area contributed by atoms with E-state index in [1.807, 2.05) is 18.2 Å². The normalized spacial score (nSPS) is 13.1. The highest BCUT2D eigenvalue weighted by molar-refractivity contribution is 6.33. The van der Waals surface area contributed by atoms with Gasteiger partial charge in [-0.15, -0.1) is 0 Å². The quantitative estimate of drug-likeness (QED) is 0.912. The van der Waals surface area contributed by atoms with Gasteiger partial charge < -0.3 is 15.3 Å². The van der Waals surface area contributed by atoms with Crippen LogP contribution in [0.2, 0.25) is 5.02 Å². The summed E-state index contributed by atoms with van der Waals surface area (Å²) in [6, 6.07) is 13.2. The molecule has 3 rings (SSSR count). The largest absolute Gasteiger partial charge is 0.392 e. The van der Waals surface area contributed by atoms with E-state index >= 15 is 0 Å². The molecule has 0 saturated heterocycles. The fourth-order valence-electron chi connectivity index (χ4n) is 2.67. The number of hydrogen-bond acceptors (Lipinski definition) is 3. The van der Waals surface area contributed by atoms with Gasteiger partial charge in [-0.25, -0.2) is 0 Å². The SMILES string of the molecule is O=C(CNc1cc(CO)ccc1Cl)N1CCc2ccccc21. The maximum atomic E-state index is 12.4. The summed E-state index contributed by atoms with van der Waals surface area (Å²) in [7, 11) is 0. The van der Waals surface area contributed by atoms with E-state index in [-0.39, 0.29) is 19.1 Å². The molecule has 22 heavy (non-hydrogen) atoms. The fourth-order valence-corrected chi connectivity index (χ4v) is 2.85. The number of anilines is 2. The Morgan fingerprint density at radius 1 is 1.27 bits per heavy atom. The van der Waals surface area contributed by atoms with Crippen LogP contribution in [0.3, 0.4) is 0 Å². The first-order valence-electron chi connectivity index (χ1n) is 7.20. The Kier molecular flexibility index (Phi) is 4.32. The molecule has 1 aliphatic rings. The summed E-state index contributed by atoms with van der Waals surface area (Å²) in [5.74, 6) is 0.00965. The Hall–Kier alpha value is -2.04. The van der Waals surface area contributed by atoms with Crippen molar-refractivity contribution in [1.82, 2.24) is 0 Å². The van der Waals surface area contributed by atoms with Crippen molar-refractivity contribution in [1.29, 1.82) is 0 Å². The van der Waals surface area contributed by atoms with E-state index in [0.29, 0.717) is 17.3 Å². The van der Waals surface area contributed by atoms with E-state index in [2.05, 4.69) is 11.4 Å². The first kappa shape index (κ1) is 14.9. The van der Waals surface area contributed by atoms with Gasteiger partial charge in [-0.05, 0) is 35.7 Å². The van der Waals surface area contributed by atoms with E-state index in [1.165, 1.54) is 5.56 Å². The van der Waals surface area contributed by atoms with E-state index in [4.69, 9.17) is 16.7 Å². The molecule has 0 atom stereocenters. The lowest BCUT2D eigenvalue weighted by molar-refractivity contribution is -0.116. The highest BCUT2D eigenvalue weighted by Crippen LogP contribution is 2.28. The van der Waals surface area contributed by atoms with Crippen LogP contribution in [0.25, 0.3) is 0 Å². The lowest BCUT2D eigenvalue weighted by Gasteiger charge is -2.18. The number of aliphatic hydroxyl groups is 1. The molecular weight excluding hydrogens is 300 g/mol. The number of rotatable bonds is 4. The number of carbonyl (C=O) groups is 1. The average Bonchev–Trinajstić information content (AvgIpc) is 2.98. The first-order chi connectivity index (χ1) is 10.7. The number of nitrogens with one attached hydrogen (secondary N) is 1. The van der Waals surface area contributed by atoms with Gasteiger partial charge in [0.15, 0.2) is 0 Å². The van der Waals surface area contributed by atoms with Crippen LogP contribution in [0, 0.1) is 0 Å². The number of nitrogens with zero attached hydrogens (tertiary/aromatic N) is 1. The Labute approximate surface area is 134 Å². The molecule has 0 spiro atoms. The van der Waals surface area contributed by atoms with Crippen molar-refractivity contribution in [2.45, 2.75) is 13.0 Å². The summed E-state index contributed by atoms with van der Waals surface area (Å²) in [5, 5.41) is 12.8. The third kappa shape index (κ3) is 2.93. The van der Waals surface area contributed by atoms with Crippen LogP contribution in [0.5, 0.6) is 0 Å². The molecule has 0 unspecified atom stereocenters. The predicted molar refractivity (Wildman–Crippen MR) is 88.4 cm³/mol. The van der Waals surface area contributed by atoms with Gasteiger partial charge in [-0.1, -0.05) is 35.9 Å². The maximum absolute atomic E-state index is 12.4. The summed E-state index contributed by atoms with van der Waals surface area (Å²) >= 11 is 6.11. The minimum Gasteiger partial charge on any atom is -0.392 e. The number of carbonyl (C=O) groups excluding carboxylic acids is 1. The molecule has 1 aliphatic heterocycles. The molecule has 2 aromatic carbocycles. The van der Waals surface area contributed by atoms with Crippen molar-refractivity contribution in [2.24, 2.45) is 0 Å². The van der Waals surface area contributed by atoms with E-state index in [0.717, 1.165) is 17.7 Å². The Balaban J connectivity index is 1.69. The van der Waals surface area contributed by atoms with Crippen LogP contribution < -0.4 is 10.2 Å². The van der Waals surface area contributed by atoms with Crippen molar-refractivity contribution in [3.05, 3.63) is 58.6 Å². The van der Waals surface area contributed by atoms with Crippen molar-refractivity contribution in [3.63, 3.8) is 0 Å². The van der Waals surface area contributed by atoms with Crippen molar-refractivity contribution in [3.8, 4) is 0 Å². The van der Waals surface area contributed by atoms with Crippen LogP contribution in [-0.2, 0) is 17.8 Å². The second kappa shape index (κ2) is 6.38. The molecule has 0 saturated carbocycles. The zero-order valence-electron chi connectivity index (χ0n) is 12.1. The number of fused-ring (bicyclic) bond motifs is 1. The molecule has 0 radical (unpaired) electrons. The van der Waals surface area contributed by atoms with Gasteiger partial charge in [-0.2, -0.15) is 0 Å². The number of halogens is 1. The van der Waals surface area contributed by atoms with E-state index in [1.54, 1.807) is 23.1 Å². The minimum absolute atomic E-state index is 0.00965. The summed E-state index contributed by atoms with van der Waals surface area (Å²) < 4.78 is 0.